The zero-order valence-electron chi connectivity index (χ0n) is 16.4. The van der Waals surface area contributed by atoms with Crippen molar-refractivity contribution in [2.45, 2.75) is 20.4 Å². The number of oxazole rings is 1. The van der Waals surface area contributed by atoms with Crippen LogP contribution in [0, 0.1) is 13.8 Å². The molecule has 1 fully saturated rings. The fraction of sp³-hybridized carbons (Fsp3) is 0.400. The minimum atomic E-state index is -0.133. The van der Waals surface area contributed by atoms with E-state index in [4.69, 9.17) is 4.42 Å². The summed E-state index contributed by atoms with van der Waals surface area (Å²) in [6.45, 7) is 8.35. The molecule has 0 radical (unpaired) electrons. The molecule has 0 saturated carbocycles. The quantitative estimate of drug-likeness (QED) is 0.740. The number of carbonyl (C=O) groups is 1. The fourth-order valence-corrected chi connectivity index (χ4v) is 3.48. The maximum atomic E-state index is 11.8. The number of aromatic nitrogens is 3. The van der Waals surface area contributed by atoms with Gasteiger partial charge in [-0.05, 0) is 32.0 Å². The van der Waals surface area contributed by atoms with Gasteiger partial charge in [0.15, 0.2) is 5.58 Å². The monoisotopic (exact) mass is 380 g/mol. The fourth-order valence-electron chi connectivity index (χ4n) is 3.48. The lowest BCUT2D eigenvalue weighted by Gasteiger charge is -2.35. The molecule has 0 bridgehead atoms. The van der Waals surface area contributed by atoms with Crippen molar-refractivity contribution in [1.29, 1.82) is 0 Å². The van der Waals surface area contributed by atoms with Crippen LogP contribution >= 0.6 is 0 Å². The van der Waals surface area contributed by atoms with Gasteiger partial charge in [0.1, 0.15) is 17.7 Å². The summed E-state index contributed by atoms with van der Waals surface area (Å²) < 4.78 is 5.89. The van der Waals surface area contributed by atoms with E-state index in [0.717, 1.165) is 48.8 Å². The van der Waals surface area contributed by atoms with Crippen LogP contribution in [-0.4, -0.2) is 59.0 Å². The van der Waals surface area contributed by atoms with E-state index in [1.165, 1.54) is 0 Å². The number of hydrogen-bond donors (Lipinski definition) is 1. The molecule has 1 aliphatic heterocycles. The second-order valence-electron chi connectivity index (χ2n) is 7.04. The summed E-state index contributed by atoms with van der Waals surface area (Å²) in [5.41, 5.74) is 4.15. The van der Waals surface area contributed by atoms with Gasteiger partial charge in [0.05, 0.1) is 6.54 Å². The normalized spacial score (nSPS) is 15.2. The number of benzene rings is 1. The molecule has 1 saturated heterocycles. The van der Waals surface area contributed by atoms with Gasteiger partial charge in [-0.25, -0.2) is 15.0 Å². The highest BCUT2D eigenvalue weighted by molar-refractivity contribution is 5.96. The molecule has 28 heavy (non-hydrogen) atoms. The Morgan fingerprint density at radius 3 is 2.71 bits per heavy atom. The molecule has 1 aliphatic rings. The number of hydrogen-bond acceptors (Lipinski definition) is 7. The molecule has 3 heterocycles. The summed E-state index contributed by atoms with van der Waals surface area (Å²) in [6, 6.07) is 5.33. The number of rotatable bonds is 4. The highest BCUT2D eigenvalue weighted by Gasteiger charge is 2.21. The molecular formula is C20H24N6O2. The highest BCUT2D eigenvalue weighted by atomic mass is 16.3. The number of nitrogens with one attached hydrogen (secondary N) is 1. The summed E-state index contributed by atoms with van der Waals surface area (Å²) in [4.78, 5) is 29.7. The lowest BCUT2D eigenvalue weighted by atomic mass is 10.2. The Kier molecular flexibility index (Phi) is 4.95. The van der Waals surface area contributed by atoms with Gasteiger partial charge in [-0.2, -0.15) is 0 Å². The zero-order valence-corrected chi connectivity index (χ0v) is 16.4. The smallest absolute Gasteiger partial charge is 0.251 e. The van der Waals surface area contributed by atoms with Gasteiger partial charge in [-0.15, -0.1) is 0 Å². The van der Waals surface area contributed by atoms with Gasteiger partial charge in [0.2, 0.25) is 5.89 Å². The summed E-state index contributed by atoms with van der Waals surface area (Å²) >= 11 is 0. The van der Waals surface area contributed by atoms with Crippen LogP contribution in [0.25, 0.3) is 11.1 Å². The van der Waals surface area contributed by atoms with E-state index in [9.17, 15) is 4.79 Å². The lowest BCUT2D eigenvalue weighted by molar-refractivity contribution is 0.0963. The van der Waals surface area contributed by atoms with Crippen molar-refractivity contribution in [3.8, 4) is 0 Å². The number of amides is 1. The van der Waals surface area contributed by atoms with Crippen molar-refractivity contribution in [3.05, 3.63) is 47.2 Å². The molecule has 8 nitrogen and oxygen atoms in total. The molecule has 2 aromatic heterocycles. The Labute approximate surface area is 163 Å². The second kappa shape index (κ2) is 7.55. The van der Waals surface area contributed by atoms with Crippen molar-refractivity contribution in [1.82, 2.24) is 25.2 Å². The Bertz CT molecular complexity index is 1010. The van der Waals surface area contributed by atoms with E-state index >= 15 is 0 Å². The molecular weight excluding hydrogens is 356 g/mol. The van der Waals surface area contributed by atoms with Crippen LogP contribution in [0.3, 0.4) is 0 Å². The summed E-state index contributed by atoms with van der Waals surface area (Å²) in [6.07, 6.45) is 1.63. The van der Waals surface area contributed by atoms with Crippen LogP contribution in [-0.2, 0) is 6.54 Å². The van der Waals surface area contributed by atoms with Gasteiger partial charge in [-0.3, -0.25) is 9.69 Å². The van der Waals surface area contributed by atoms with Crippen LogP contribution in [0.1, 0.15) is 27.5 Å². The average molecular weight is 380 g/mol. The maximum Gasteiger partial charge on any atom is 0.251 e. The minimum absolute atomic E-state index is 0.133. The molecule has 1 amide bonds. The largest absolute Gasteiger partial charge is 0.439 e. The Hall–Kier alpha value is -3.00. The van der Waals surface area contributed by atoms with E-state index in [2.05, 4.69) is 37.0 Å². The standard InChI is InChI=1S/C20H24N6O2/c1-13-14(2)22-12-23-19(13)26-8-6-25(7-9-26)11-18-24-16-5-4-15(20(27)21-3)10-17(16)28-18/h4-5,10,12H,6-9,11H2,1-3H3,(H,21,27). The van der Waals surface area contributed by atoms with Gasteiger partial charge in [0.25, 0.3) is 5.91 Å². The Morgan fingerprint density at radius 2 is 1.96 bits per heavy atom. The predicted octanol–water partition coefficient (Wildman–Crippen LogP) is 1.92. The first-order valence-corrected chi connectivity index (χ1v) is 9.42. The lowest BCUT2D eigenvalue weighted by Crippen LogP contribution is -2.46. The van der Waals surface area contributed by atoms with Crippen LogP contribution in [0.15, 0.2) is 28.9 Å². The van der Waals surface area contributed by atoms with Crippen molar-refractivity contribution in [2.75, 3.05) is 38.1 Å². The third-order valence-electron chi connectivity index (χ3n) is 5.26. The van der Waals surface area contributed by atoms with E-state index < -0.39 is 0 Å². The third kappa shape index (κ3) is 3.55. The first-order chi connectivity index (χ1) is 13.5. The zero-order chi connectivity index (χ0) is 19.7. The van der Waals surface area contributed by atoms with Crippen molar-refractivity contribution in [3.63, 3.8) is 0 Å². The first-order valence-electron chi connectivity index (χ1n) is 9.42. The molecule has 8 heteroatoms. The number of aryl methyl sites for hydroxylation is 1. The average Bonchev–Trinajstić information content (AvgIpc) is 3.11. The van der Waals surface area contributed by atoms with E-state index in [0.29, 0.717) is 23.6 Å². The summed E-state index contributed by atoms with van der Waals surface area (Å²) in [7, 11) is 1.61. The molecule has 1 aromatic carbocycles. The van der Waals surface area contributed by atoms with Crippen molar-refractivity contribution in [2.24, 2.45) is 0 Å². The van der Waals surface area contributed by atoms with Crippen LogP contribution in [0.2, 0.25) is 0 Å². The molecule has 3 aromatic rings. The number of nitrogens with zero attached hydrogens (tertiary/aromatic N) is 5. The maximum absolute atomic E-state index is 11.8. The molecule has 0 unspecified atom stereocenters. The minimum Gasteiger partial charge on any atom is -0.439 e. The SMILES string of the molecule is CNC(=O)c1ccc2nc(CN3CCN(c4ncnc(C)c4C)CC3)oc2c1. The van der Waals surface area contributed by atoms with Crippen LogP contribution < -0.4 is 10.2 Å². The van der Waals surface area contributed by atoms with Gasteiger partial charge >= 0.3 is 0 Å². The molecule has 146 valence electrons. The van der Waals surface area contributed by atoms with Gasteiger partial charge in [0, 0.05) is 50.0 Å². The Balaban J connectivity index is 1.42. The van der Waals surface area contributed by atoms with Crippen molar-refractivity contribution < 1.29 is 9.21 Å². The first kappa shape index (κ1) is 18.4. The van der Waals surface area contributed by atoms with Gasteiger partial charge in [-0.1, -0.05) is 0 Å². The third-order valence-corrected chi connectivity index (χ3v) is 5.26. The molecule has 0 atom stereocenters. The number of piperazine rings is 1. The number of fused-ring (bicyclic) bond motifs is 1. The number of carbonyl (C=O) groups excluding carboxylic acids is 1. The highest BCUT2D eigenvalue weighted by Crippen LogP contribution is 2.22. The van der Waals surface area contributed by atoms with Crippen LogP contribution in [0.4, 0.5) is 5.82 Å². The molecule has 4 rings (SSSR count). The second-order valence-corrected chi connectivity index (χ2v) is 7.04. The summed E-state index contributed by atoms with van der Waals surface area (Å²) in [5, 5.41) is 2.62. The van der Waals surface area contributed by atoms with E-state index in [1.807, 2.05) is 13.0 Å². The Morgan fingerprint density at radius 1 is 1.18 bits per heavy atom. The van der Waals surface area contributed by atoms with E-state index in [-0.39, 0.29) is 5.91 Å². The molecule has 1 N–H and O–H groups in total. The van der Waals surface area contributed by atoms with Crippen molar-refractivity contribution >= 4 is 22.8 Å². The van der Waals surface area contributed by atoms with Crippen LogP contribution in [0.5, 0.6) is 0 Å². The number of anilines is 1. The van der Waals surface area contributed by atoms with Gasteiger partial charge < -0.3 is 14.6 Å². The predicted molar refractivity (Wildman–Crippen MR) is 106 cm³/mol. The topological polar surface area (TPSA) is 87.4 Å². The molecule has 0 spiro atoms. The molecule has 0 aliphatic carbocycles. The van der Waals surface area contributed by atoms with E-state index in [1.54, 1.807) is 25.5 Å². The summed E-state index contributed by atoms with van der Waals surface area (Å²) in [5.74, 6) is 1.56.